The molecule has 0 aliphatic carbocycles. The van der Waals surface area contributed by atoms with Gasteiger partial charge in [-0.1, -0.05) is 28.1 Å². The fourth-order valence-electron chi connectivity index (χ4n) is 1.61. The lowest BCUT2D eigenvalue weighted by Crippen LogP contribution is -2.12. The molecule has 1 heterocycles. The molecule has 1 aromatic heterocycles. The van der Waals surface area contributed by atoms with E-state index in [1.54, 1.807) is 12.4 Å². The summed E-state index contributed by atoms with van der Waals surface area (Å²) in [5, 5.41) is 3.63. The number of rotatable bonds is 3. The fourth-order valence-corrected chi connectivity index (χ4v) is 1.96. The number of benzene rings is 1. The number of nitrogens with one attached hydrogen (secondary N) is 1. The first-order chi connectivity index (χ1) is 8.69. The average Bonchev–Trinajstić information content (AvgIpc) is 2.39. The van der Waals surface area contributed by atoms with E-state index in [2.05, 4.69) is 26.2 Å². The van der Waals surface area contributed by atoms with Crippen LogP contribution in [-0.2, 0) is 5.33 Å². The second kappa shape index (κ2) is 5.78. The summed E-state index contributed by atoms with van der Waals surface area (Å²) >= 11 is 3.39. The molecule has 0 saturated carbocycles. The van der Waals surface area contributed by atoms with Crippen LogP contribution in [0.5, 0.6) is 0 Å². The molecule has 0 atom stereocenters. The van der Waals surface area contributed by atoms with Gasteiger partial charge in [-0.25, -0.2) is 0 Å². The maximum atomic E-state index is 12.0. The summed E-state index contributed by atoms with van der Waals surface area (Å²) in [5.41, 5.74) is 3.45. The Hall–Kier alpha value is -1.68. The zero-order valence-electron chi connectivity index (χ0n) is 9.98. The molecule has 0 unspecified atom stereocenters. The van der Waals surface area contributed by atoms with Gasteiger partial charge in [0.25, 0.3) is 5.91 Å². The number of anilines is 1. The SMILES string of the molecule is Cc1cncc(C(=O)Nc2cccc(CBr)c2)c1. The quantitative estimate of drug-likeness (QED) is 0.881. The fraction of sp³-hybridized carbons (Fsp3) is 0.143. The lowest BCUT2D eigenvalue weighted by molar-refractivity contribution is 0.102. The molecule has 1 aromatic carbocycles. The highest BCUT2D eigenvalue weighted by molar-refractivity contribution is 9.08. The van der Waals surface area contributed by atoms with E-state index in [0.717, 1.165) is 22.1 Å². The minimum atomic E-state index is -0.141. The van der Waals surface area contributed by atoms with Crippen molar-refractivity contribution in [1.82, 2.24) is 4.98 Å². The molecule has 2 aromatic rings. The molecular formula is C14H13BrN2O. The van der Waals surface area contributed by atoms with E-state index in [1.807, 2.05) is 37.3 Å². The number of hydrogen-bond acceptors (Lipinski definition) is 2. The summed E-state index contributed by atoms with van der Waals surface area (Å²) in [5.74, 6) is -0.141. The molecule has 0 bridgehead atoms. The van der Waals surface area contributed by atoms with Crippen LogP contribution >= 0.6 is 15.9 Å². The molecule has 2 rings (SSSR count). The number of nitrogens with zero attached hydrogens (tertiary/aromatic N) is 1. The van der Waals surface area contributed by atoms with Gasteiger partial charge < -0.3 is 5.32 Å². The van der Waals surface area contributed by atoms with E-state index in [0.29, 0.717) is 5.56 Å². The lowest BCUT2D eigenvalue weighted by Gasteiger charge is -2.06. The van der Waals surface area contributed by atoms with E-state index >= 15 is 0 Å². The first kappa shape index (κ1) is 12.8. The van der Waals surface area contributed by atoms with Gasteiger partial charge >= 0.3 is 0 Å². The predicted octanol–water partition coefficient (Wildman–Crippen LogP) is 3.54. The van der Waals surface area contributed by atoms with Gasteiger partial charge in [-0.2, -0.15) is 0 Å². The predicted molar refractivity (Wildman–Crippen MR) is 76.0 cm³/mol. The number of pyridine rings is 1. The maximum Gasteiger partial charge on any atom is 0.257 e. The highest BCUT2D eigenvalue weighted by atomic mass is 79.9. The number of carbonyl (C=O) groups is 1. The van der Waals surface area contributed by atoms with Crippen LogP contribution in [0.4, 0.5) is 5.69 Å². The van der Waals surface area contributed by atoms with Crippen molar-refractivity contribution in [3.63, 3.8) is 0 Å². The Kier molecular flexibility index (Phi) is 4.10. The minimum Gasteiger partial charge on any atom is -0.322 e. The second-order valence-electron chi connectivity index (χ2n) is 4.04. The third kappa shape index (κ3) is 3.17. The summed E-state index contributed by atoms with van der Waals surface area (Å²) in [6.45, 7) is 1.91. The molecule has 92 valence electrons. The van der Waals surface area contributed by atoms with Crippen molar-refractivity contribution in [3.05, 3.63) is 59.4 Å². The summed E-state index contributed by atoms with van der Waals surface area (Å²) in [7, 11) is 0. The summed E-state index contributed by atoms with van der Waals surface area (Å²) in [4.78, 5) is 16.0. The summed E-state index contributed by atoms with van der Waals surface area (Å²) in [6, 6.07) is 9.54. The minimum absolute atomic E-state index is 0.141. The smallest absolute Gasteiger partial charge is 0.257 e. The highest BCUT2D eigenvalue weighted by Gasteiger charge is 2.06. The molecule has 0 aliphatic heterocycles. The molecule has 1 N–H and O–H groups in total. The van der Waals surface area contributed by atoms with Gasteiger partial charge in [-0.05, 0) is 36.2 Å². The van der Waals surface area contributed by atoms with Crippen LogP contribution in [0.15, 0.2) is 42.7 Å². The van der Waals surface area contributed by atoms with Crippen LogP contribution in [0.25, 0.3) is 0 Å². The second-order valence-corrected chi connectivity index (χ2v) is 4.60. The molecule has 3 nitrogen and oxygen atoms in total. The molecule has 18 heavy (non-hydrogen) atoms. The number of amides is 1. The molecule has 0 spiro atoms. The van der Waals surface area contributed by atoms with E-state index in [1.165, 1.54) is 0 Å². The lowest BCUT2D eigenvalue weighted by atomic mass is 10.2. The zero-order valence-corrected chi connectivity index (χ0v) is 11.6. The first-order valence-corrected chi connectivity index (χ1v) is 6.69. The van der Waals surface area contributed by atoms with E-state index in [4.69, 9.17) is 0 Å². The van der Waals surface area contributed by atoms with Gasteiger partial charge in [-0.15, -0.1) is 0 Å². The van der Waals surface area contributed by atoms with Crippen molar-refractivity contribution in [2.45, 2.75) is 12.3 Å². The molecular weight excluding hydrogens is 292 g/mol. The van der Waals surface area contributed by atoms with E-state index in [9.17, 15) is 4.79 Å². The first-order valence-electron chi connectivity index (χ1n) is 5.57. The Morgan fingerprint density at radius 2 is 2.17 bits per heavy atom. The van der Waals surface area contributed by atoms with Crippen LogP contribution in [0, 0.1) is 6.92 Å². The van der Waals surface area contributed by atoms with E-state index < -0.39 is 0 Å². The summed E-state index contributed by atoms with van der Waals surface area (Å²) in [6.07, 6.45) is 3.29. The van der Waals surface area contributed by atoms with Crippen molar-refractivity contribution in [2.75, 3.05) is 5.32 Å². The molecule has 1 amide bonds. The van der Waals surface area contributed by atoms with Crippen LogP contribution in [0.1, 0.15) is 21.5 Å². The van der Waals surface area contributed by atoms with Crippen molar-refractivity contribution >= 4 is 27.5 Å². The van der Waals surface area contributed by atoms with Crippen molar-refractivity contribution < 1.29 is 4.79 Å². The molecule has 0 saturated heterocycles. The van der Waals surface area contributed by atoms with Gasteiger partial charge in [-0.3, -0.25) is 9.78 Å². The van der Waals surface area contributed by atoms with Gasteiger partial charge in [0.15, 0.2) is 0 Å². The Labute approximate surface area is 114 Å². The Bertz CT molecular complexity index is 569. The maximum absolute atomic E-state index is 12.0. The molecule has 0 aliphatic rings. The molecule has 4 heteroatoms. The van der Waals surface area contributed by atoms with Crippen LogP contribution in [0.2, 0.25) is 0 Å². The van der Waals surface area contributed by atoms with Gasteiger partial charge in [0.2, 0.25) is 0 Å². The molecule has 0 fully saturated rings. The van der Waals surface area contributed by atoms with Gasteiger partial charge in [0, 0.05) is 23.4 Å². The monoisotopic (exact) mass is 304 g/mol. The topological polar surface area (TPSA) is 42.0 Å². The number of halogens is 1. The number of carbonyl (C=O) groups excluding carboxylic acids is 1. The van der Waals surface area contributed by atoms with Crippen LogP contribution < -0.4 is 5.32 Å². The zero-order chi connectivity index (χ0) is 13.0. The third-order valence-electron chi connectivity index (χ3n) is 2.48. The number of hydrogen-bond donors (Lipinski definition) is 1. The van der Waals surface area contributed by atoms with Crippen molar-refractivity contribution in [3.8, 4) is 0 Å². The van der Waals surface area contributed by atoms with Crippen LogP contribution in [0.3, 0.4) is 0 Å². The number of aryl methyl sites for hydroxylation is 1. The van der Waals surface area contributed by atoms with Gasteiger partial charge in [0.1, 0.15) is 0 Å². The van der Waals surface area contributed by atoms with Crippen molar-refractivity contribution in [1.29, 1.82) is 0 Å². The highest BCUT2D eigenvalue weighted by Crippen LogP contribution is 2.14. The van der Waals surface area contributed by atoms with Gasteiger partial charge in [0.05, 0.1) is 5.56 Å². The Morgan fingerprint density at radius 1 is 1.33 bits per heavy atom. The van der Waals surface area contributed by atoms with E-state index in [-0.39, 0.29) is 5.91 Å². The summed E-state index contributed by atoms with van der Waals surface area (Å²) < 4.78 is 0. The Morgan fingerprint density at radius 3 is 2.89 bits per heavy atom. The third-order valence-corrected chi connectivity index (χ3v) is 3.12. The molecule has 0 radical (unpaired) electrons. The Balaban J connectivity index is 2.16. The number of alkyl halides is 1. The largest absolute Gasteiger partial charge is 0.322 e. The normalized spacial score (nSPS) is 10.1. The van der Waals surface area contributed by atoms with Crippen LogP contribution in [-0.4, -0.2) is 10.9 Å². The standard InChI is InChI=1S/C14H13BrN2O/c1-10-5-12(9-16-8-10)14(18)17-13-4-2-3-11(6-13)7-15/h2-6,8-9H,7H2,1H3,(H,17,18). The van der Waals surface area contributed by atoms with Crippen molar-refractivity contribution in [2.24, 2.45) is 0 Å². The average molecular weight is 305 g/mol. The number of aromatic nitrogens is 1.